The lowest BCUT2D eigenvalue weighted by Gasteiger charge is -2.21. The maximum Gasteiger partial charge on any atom is 0.492 e. The smallest absolute Gasteiger partial charge is 0.465 e. The third-order valence-corrected chi connectivity index (χ3v) is 8.76. The number of thiol groups is 2. The molecule has 1 aromatic heterocycles. The number of alkyl halides is 3. The number of benzene rings is 1. The van der Waals surface area contributed by atoms with Crippen molar-refractivity contribution in [3.63, 3.8) is 0 Å². The van der Waals surface area contributed by atoms with E-state index >= 15 is 0 Å². The Morgan fingerprint density at radius 1 is 1.12 bits per heavy atom. The number of ether oxygens (including phenoxy) is 2. The number of rotatable bonds is 13. The van der Waals surface area contributed by atoms with Crippen LogP contribution in [0.5, 0.6) is 0 Å². The van der Waals surface area contributed by atoms with Crippen molar-refractivity contribution >= 4 is 88.4 Å². The fourth-order valence-corrected chi connectivity index (χ4v) is 5.15. The monoisotopic (exact) mass is 830 g/mol. The second-order valence-corrected chi connectivity index (χ2v) is 12.6. The zero-order chi connectivity index (χ0) is 37.9. The maximum atomic E-state index is 13.6. The van der Waals surface area contributed by atoms with Crippen LogP contribution in [-0.4, -0.2) is 106 Å². The molecule has 0 aliphatic carbocycles. The Morgan fingerprint density at radius 3 is 2.37 bits per heavy atom. The standard InChI is InChI=1S/C27H31BrF4N8O9S2/c1-2-46-24(43)16-10-13(11-40(16)48-25(44)27(30,31)32)47-26(45)35-8-6-18(51)17(50)5-7-34-22(41)23(42)37-21(19-20(33)39-49-38-19)36-12-3-4-15(29)14(28)9-12/h3-4,9,13,16-18,50-51H,2,5-8,10-11H2,1H3,(H2,33,39)(H,34,41)(H,35,45)(H,36,37,42)/t13-,16-,17?,18?/m1/s1. The normalized spacial score (nSPS) is 17.6. The van der Waals surface area contributed by atoms with Gasteiger partial charge in [-0.2, -0.15) is 38.4 Å². The summed E-state index contributed by atoms with van der Waals surface area (Å²) in [6.07, 6.45) is -7.20. The van der Waals surface area contributed by atoms with Gasteiger partial charge in [-0.1, -0.05) is 0 Å². The van der Waals surface area contributed by atoms with Crippen LogP contribution in [0.4, 0.5) is 33.9 Å². The van der Waals surface area contributed by atoms with Crippen molar-refractivity contribution in [2.45, 2.75) is 55.0 Å². The third-order valence-electron chi connectivity index (χ3n) is 6.68. The molecular weight excluding hydrogens is 800 g/mol. The van der Waals surface area contributed by atoms with Crippen molar-refractivity contribution < 1.29 is 60.5 Å². The highest BCUT2D eigenvalue weighted by Crippen LogP contribution is 2.26. The summed E-state index contributed by atoms with van der Waals surface area (Å²) in [6, 6.07) is 2.30. The number of hydroxylamine groups is 2. The highest BCUT2D eigenvalue weighted by atomic mass is 79.9. The number of hydrogen-bond acceptors (Lipinski definition) is 16. The molecular formula is C27H31BrF4N8O9S2. The minimum Gasteiger partial charge on any atom is -0.465 e. The fraction of sp³-hybridized carbons (Fsp3) is 0.481. The molecule has 1 aliphatic heterocycles. The van der Waals surface area contributed by atoms with Crippen LogP contribution < -0.4 is 21.7 Å². The number of nitrogen functional groups attached to an aromatic ring is 1. The van der Waals surface area contributed by atoms with Gasteiger partial charge in [-0.3, -0.25) is 14.4 Å². The fourth-order valence-electron chi connectivity index (χ4n) is 4.23. The Morgan fingerprint density at radius 2 is 1.78 bits per heavy atom. The molecule has 2 aromatic rings. The molecule has 51 heavy (non-hydrogen) atoms. The summed E-state index contributed by atoms with van der Waals surface area (Å²) in [5.41, 5.74) is 5.70. The van der Waals surface area contributed by atoms with Crippen LogP contribution in [0.25, 0.3) is 0 Å². The number of alkyl carbamates (subject to hydrolysis) is 1. The average molecular weight is 832 g/mol. The molecule has 1 fully saturated rings. The van der Waals surface area contributed by atoms with Crippen molar-refractivity contribution in [3.05, 3.63) is 34.2 Å². The van der Waals surface area contributed by atoms with E-state index in [4.69, 9.17) is 15.2 Å². The predicted octanol–water partition coefficient (Wildman–Crippen LogP) is 1.99. The lowest BCUT2D eigenvalue weighted by Crippen LogP contribution is -2.44. The van der Waals surface area contributed by atoms with Gasteiger partial charge in [0.25, 0.3) is 0 Å². The molecule has 24 heteroatoms. The van der Waals surface area contributed by atoms with Crippen LogP contribution in [0.2, 0.25) is 0 Å². The van der Waals surface area contributed by atoms with E-state index in [2.05, 4.69) is 81.9 Å². The number of halogens is 5. The predicted molar refractivity (Wildman–Crippen MR) is 177 cm³/mol. The topological polar surface area (TPSA) is 230 Å². The van der Waals surface area contributed by atoms with Crippen LogP contribution in [-0.2, 0) is 33.5 Å². The second-order valence-electron chi connectivity index (χ2n) is 10.4. The summed E-state index contributed by atoms with van der Waals surface area (Å²) < 4.78 is 66.3. The molecule has 0 spiro atoms. The Balaban J connectivity index is 1.43. The molecule has 2 unspecified atom stereocenters. The van der Waals surface area contributed by atoms with Gasteiger partial charge >= 0.3 is 36.0 Å². The van der Waals surface area contributed by atoms with Gasteiger partial charge in [0.1, 0.15) is 18.0 Å². The summed E-state index contributed by atoms with van der Waals surface area (Å²) in [6.45, 7) is 0.877. The quantitative estimate of drug-likeness (QED) is 0.0425. The van der Waals surface area contributed by atoms with Gasteiger partial charge in [-0.05, 0) is 64.2 Å². The maximum absolute atomic E-state index is 13.6. The molecule has 0 bridgehead atoms. The van der Waals surface area contributed by atoms with Crippen molar-refractivity contribution in [3.8, 4) is 0 Å². The molecule has 1 saturated heterocycles. The number of aliphatic imine (C=N–C) groups is 1. The first-order valence-electron chi connectivity index (χ1n) is 14.7. The van der Waals surface area contributed by atoms with E-state index in [1.807, 2.05) is 0 Å². The van der Waals surface area contributed by atoms with Gasteiger partial charge in [-0.15, -0.1) is 5.06 Å². The number of hydrogen-bond donors (Lipinski definition) is 6. The molecule has 3 rings (SSSR count). The number of nitrogens with one attached hydrogen (secondary N) is 3. The number of amides is 3. The Labute approximate surface area is 305 Å². The molecule has 3 amide bonds. The van der Waals surface area contributed by atoms with Crippen molar-refractivity contribution in [2.24, 2.45) is 4.99 Å². The summed E-state index contributed by atoms with van der Waals surface area (Å²) >= 11 is 11.9. The van der Waals surface area contributed by atoms with Gasteiger partial charge in [0.05, 0.1) is 23.3 Å². The van der Waals surface area contributed by atoms with E-state index < -0.39 is 71.0 Å². The molecule has 17 nitrogen and oxygen atoms in total. The first kappa shape index (κ1) is 41.3. The number of aromatic nitrogens is 2. The first-order valence-corrected chi connectivity index (χ1v) is 16.6. The number of nitrogens with two attached hydrogens (primary N) is 1. The summed E-state index contributed by atoms with van der Waals surface area (Å²) in [7, 11) is 0. The van der Waals surface area contributed by atoms with Gasteiger partial charge < -0.3 is 36.0 Å². The zero-order valence-corrected chi connectivity index (χ0v) is 29.7. The first-order chi connectivity index (χ1) is 24.0. The molecule has 2 heterocycles. The van der Waals surface area contributed by atoms with E-state index in [0.29, 0.717) is 5.06 Å². The minimum absolute atomic E-state index is 0.0171. The van der Waals surface area contributed by atoms with Crippen LogP contribution in [0.1, 0.15) is 31.9 Å². The third kappa shape index (κ3) is 12.5. The Kier molecular flexibility index (Phi) is 15.3. The Bertz CT molecular complexity index is 1620. The number of esters is 1. The van der Waals surface area contributed by atoms with E-state index in [9.17, 15) is 41.5 Å². The number of carbonyl (C=O) groups is 5. The molecule has 0 saturated carbocycles. The van der Waals surface area contributed by atoms with Crippen molar-refractivity contribution in [1.82, 2.24) is 31.3 Å². The highest BCUT2D eigenvalue weighted by Gasteiger charge is 2.48. The second kappa shape index (κ2) is 18.9. The van der Waals surface area contributed by atoms with E-state index in [1.54, 1.807) is 0 Å². The molecule has 1 aromatic carbocycles. The lowest BCUT2D eigenvalue weighted by molar-refractivity contribution is -0.243. The highest BCUT2D eigenvalue weighted by molar-refractivity contribution is 9.10. The van der Waals surface area contributed by atoms with Gasteiger partial charge in [0.15, 0.2) is 17.3 Å². The van der Waals surface area contributed by atoms with Gasteiger partial charge in [-0.25, -0.2) is 23.6 Å². The molecule has 1 aliphatic rings. The van der Waals surface area contributed by atoms with Gasteiger partial charge in [0.2, 0.25) is 0 Å². The largest absolute Gasteiger partial charge is 0.492 e. The average Bonchev–Trinajstić information content (AvgIpc) is 3.67. The minimum atomic E-state index is -5.32. The molecule has 280 valence electrons. The lowest BCUT2D eigenvalue weighted by atomic mass is 10.1. The van der Waals surface area contributed by atoms with Crippen LogP contribution in [0, 0.1) is 5.82 Å². The summed E-state index contributed by atoms with van der Waals surface area (Å²) in [4.78, 5) is 69.4. The van der Waals surface area contributed by atoms with E-state index in [1.165, 1.54) is 19.1 Å². The zero-order valence-electron chi connectivity index (χ0n) is 26.3. The number of anilines is 1. The van der Waals surface area contributed by atoms with Gasteiger partial charge in [0, 0.05) is 30.0 Å². The summed E-state index contributed by atoms with van der Waals surface area (Å²) in [5, 5.41) is 13.7. The van der Waals surface area contributed by atoms with E-state index in [-0.39, 0.29) is 66.5 Å². The SMILES string of the molecule is CCOC(=O)[C@H]1C[C@@H](OC(=O)NCCC(S)C(S)CCNC(=O)C(=O)NC(=Nc2ccc(F)c(Br)c2)c2nonc2N)CN1OC(=O)C(F)(F)F. The number of carbonyl (C=O) groups excluding carboxylic acids is 5. The summed E-state index contributed by atoms with van der Waals surface area (Å²) in [5.74, 6) is -6.80. The molecule has 4 atom stereocenters. The van der Waals surface area contributed by atoms with E-state index in [0.717, 1.165) is 6.07 Å². The van der Waals surface area contributed by atoms with Crippen molar-refractivity contribution in [2.75, 3.05) is 32.0 Å². The van der Waals surface area contributed by atoms with Crippen molar-refractivity contribution in [1.29, 1.82) is 0 Å². The van der Waals surface area contributed by atoms with Crippen LogP contribution in [0.15, 0.2) is 32.3 Å². The molecule has 0 radical (unpaired) electrons. The molecule has 5 N–H and O–H groups in total. The van der Waals surface area contributed by atoms with Crippen LogP contribution >= 0.6 is 41.2 Å². The number of amidine groups is 1. The number of nitrogens with zero attached hydrogens (tertiary/aromatic N) is 4. The Hall–Kier alpha value is -4.16. The van der Waals surface area contributed by atoms with Crippen LogP contribution in [0.3, 0.4) is 0 Å².